The first-order valence-electron chi connectivity index (χ1n) is 8.56. The summed E-state index contributed by atoms with van der Waals surface area (Å²) in [5.41, 5.74) is 0.841. The summed E-state index contributed by atoms with van der Waals surface area (Å²) in [6.07, 6.45) is 11.6. The molecule has 1 aliphatic heterocycles. The van der Waals surface area contributed by atoms with Crippen LogP contribution in [0.3, 0.4) is 0 Å². The van der Waals surface area contributed by atoms with Gasteiger partial charge in [-0.2, -0.15) is 10.2 Å². The predicted octanol–water partition coefficient (Wildman–Crippen LogP) is 4.60. The Labute approximate surface area is 116 Å². The molecule has 0 N–H and O–H groups in total. The second kappa shape index (κ2) is 3.09. The van der Waals surface area contributed by atoms with Crippen molar-refractivity contribution in [3.63, 3.8) is 0 Å². The van der Waals surface area contributed by atoms with Crippen molar-refractivity contribution >= 4 is 0 Å². The Balaban J connectivity index is 1.71. The van der Waals surface area contributed by atoms with Gasteiger partial charge in [-0.3, -0.25) is 0 Å². The molecule has 0 saturated heterocycles. The zero-order chi connectivity index (χ0) is 12.9. The van der Waals surface area contributed by atoms with Gasteiger partial charge in [0.25, 0.3) is 0 Å². The predicted molar refractivity (Wildman–Crippen MR) is 75.0 cm³/mol. The fourth-order valence-electron chi connectivity index (χ4n) is 7.76. The molecule has 0 aromatic rings. The fourth-order valence-corrected chi connectivity index (χ4v) is 7.76. The molecule has 19 heavy (non-hydrogen) atoms. The average Bonchev–Trinajstić information content (AvgIpc) is 3.12. The van der Waals surface area contributed by atoms with Gasteiger partial charge >= 0.3 is 0 Å². The average molecular weight is 258 g/mol. The smallest absolute Gasteiger partial charge is 0.0902 e. The van der Waals surface area contributed by atoms with Crippen LogP contribution in [-0.2, 0) is 0 Å². The van der Waals surface area contributed by atoms with Crippen LogP contribution in [-0.4, -0.2) is 11.1 Å². The van der Waals surface area contributed by atoms with Crippen LogP contribution in [0.25, 0.3) is 0 Å². The molecule has 1 heterocycles. The molecule has 4 saturated carbocycles. The maximum absolute atomic E-state index is 4.97. The minimum absolute atomic E-state index is 0.201. The van der Waals surface area contributed by atoms with Crippen LogP contribution in [0.4, 0.5) is 0 Å². The number of hydrogen-bond acceptors (Lipinski definition) is 2. The van der Waals surface area contributed by atoms with Crippen molar-refractivity contribution in [3.05, 3.63) is 0 Å². The Morgan fingerprint density at radius 2 is 1.32 bits per heavy atom. The SMILES string of the molecule is C[C@]12N=N[C@](C)([C@@H]3[C@H]4CC[C@H](C4)[C@@H]31)C21CCCCC1. The summed E-state index contributed by atoms with van der Waals surface area (Å²) >= 11 is 0. The molecular weight excluding hydrogens is 232 g/mol. The number of azo groups is 1. The summed E-state index contributed by atoms with van der Waals surface area (Å²) in [7, 11) is 0. The van der Waals surface area contributed by atoms with Gasteiger partial charge in [0.15, 0.2) is 0 Å². The third-order valence-electron chi connectivity index (χ3n) is 8.32. The normalized spacial score (nSPS) is 60.1. The molecule has 4 aliphatic carbocycles. The fraction of sp³-hybridized carbons (Fsp3) is 1.00. The molecule has 0 unspecified atom stereocenters. The molecule has 6 atom stereocenters. The molecule has 5 aliphatic rings. The molecule has 4 bridgehead atoms. The van der Waals surface area contributed by atoms with Gasteiger partial charge in [0.2, 0.25) is 0 Å². The van der Waals surface area contributed by atoms with E-state index in [9.17, 15) is 0 Å². The van der Waals surface area contributed by atoms with Crippen LogP contribution < -0.4 is 0 Å². The molecule has 5 rings (SSSR count). The monoisotopic (exact) mass is 258 g/mol. The van der Waals surface area contributed by atoms with Crippen LogP contribution in [0, 0.1) is 29.1 Å². The van der Waals surface area contributed by atoms with E-state index in [1.807, 2.05) is 0 Å². The van der Waals surface area contributed by atoms with Crippen LogP contribution >= 0.6 is 0 Å². The van der Waals surface area contributed by atoms with E-state index in [1.54, 1.807) is 0 Å². The Morgan fingerprint density at radius 1 is 0.789 bits per heavy atom. The van der Waals surface area contributed by atoms with Gasteiger partial charge in [-0.05, 0) is 69.6 Å². The van der Waals surface area contributed by atoms with Crippen molar-refractivity contribution < 1.29 is 0 Å². The lowest BCUT2D eigenvalue weighted by Crippen LogP contribution is -2.51. The highest BCUT2D eigenvalue weighted by atomic mass is 15.3. The maximum Gasteiger partial charge on any atom is 0.0902 e. The molecule has 4 fully saturated rings. The molecule has 0 aromatic carbocycles. The highest BCUT2D eigenvalue weighted by molar-refractivity contribution is 5.33. The lowest BCUT2D eigenvalue weighted by Gasteiger charge is -2.47. The summed E-state index contributed by atoms with van der Waals surface area (Å²) in [6, 6.07) is 0. The Hall–Kier alpha value is -0.400. The third-order valence-corrected chi connectivity index (χ3v) is 8.32. The molecule has 2 nitrogen and oxygen atoms in total. The van der Waals surface area contributed by atoms with Crippen LogP contribution in [0.1, 0.15) is 65.2 Å². The number of nitrogens with zero attached hydrogens (tertiary/aromatic N) is 2. The number of rotatable bonds is 0. The minimum Gasteiger partial charge on any atom is -0.186 e. The summed E-state index contributed by atoms with van der Waals surface area (Å²) in [5.74, 6) is 3.73. The first kappa shape index (κ1) is 11.3. The Bertz CT molecular complexity index is 430. The van der Waals surface area contributed by atoms with Gasteiger partial charge in [0.1, 0.15) is 0 Å². The van der Waals surface area contributed by atoms with Gasteiger partial charge in [0.05, 0.1) is 11.1 Å². The number of fused-ring (bicyclic) bond motifs is 7. The Morgan fingerprint density at radius 3 is 1.84 bits per heavy atom. The van der Waals surface area contributed by atoms with Crippen molar-refractivity contribution in [3.8, 4) is 0 Å². The zero-order valence-electron chi connectivity index (χ0n) is 12.4. The van der Waals surface area contributed by atoms with Gasteiger partial charge in [0, 0.05) is 5.41 Å². The van der Waals surface area contributed by atoms with E-state index in [1.165, 1.54) is 51.4 Å². The van der Waals surface area contributed by atoms with Crippen molar-refractivity contribution in [2.75, 3.05) is 0 Å². The zero-order valence-corrected chi connectivity index (χ0v) is 12.4. The highest BCUT2D eigenvalue weighted by Gasteiger charge is 2.80. The minimum atomic E-state index is 0.201. The summed E-state index contributed by atoms with van der Waals surface area (Å²) in [4.78, 5) is 0. The largest absolute Gasteiger partial charge is 0.186 e. The molecule has 0 aromatic heterocycles. The summed E-state index contributed by atoms with van der Waals surface area (Å²) < 4.78 is 0. The molecule has 2 heteroatoms. The van der Waals surface area contributed by atoms with Crippen LogP contribution in [0.5, 0.6) is 0 Å². The topological polar surface area (TPSA) is 24.7 Å². The lowest BCUT2D eigenvalue weighted by molar-refractivity contribution is 0.0576. The van der Waals surface area contributed by atoms with Crippen LogP contribution in [0.2, 0.25) is 0 Å². The summed E-state index contributed by atoms with van der Waals surface area (Å²) in [6.45, 7) is 5.00. The van der Waals surface area contributed by atoms with Crippen molar-refractivity contribution in [2.45, 2.75) is 76.3 Å². The first-order chi connectivity index (χ1) is 9.12. The Kier molecular flexibility index (Phi) is 1.84. The first-order valence-corrected chi connectivity index (χ1v) is 8.56. The van der Waals surface area contributed by atoms with E-state index >= 15 is 0 Å². The molecule has 1 spiro atoms. The van der Waals surface area contributed by atoms with Crippen molar-refractivity contribution in [2.24, 2.45) is 39.3 Å². The van der Waals surface area contributed by atoms with E-state index in [0.29, 0.717) is 5.41 Å². The third kappa shape index (κ3) is 0.937. The highest BCUT2D eigenvalue weighted by Crippen LogP contribution is 2.78. The second-order valence-electron chi connectivity index (χ2n) is 8.52. The number of hydrogen-bond donors (Lipinski definition) is 0. The second-order valence-corrected chi connectivity index (χ2v) is 8.52. The lowest BCUT2D eigenvalue weighted by atomic mass is 9.57. The van der Waals surface area contributed by atoms with Crippen LogP contribution in [0.15, 0.2) is 10.2 Å². The van der Waals surface area contributed by atoms with Crippen molar-refractivity contribution in [1.82, 2.24) is 0 Å². The molecular formula is C17H26N2. The van der Waals surface area contributed by atoms with Gasteiger partial charge in [-0.15, -0.1) is 0 Å². The summed E-state index contributed by atoms with van der Waals surface area (Å²) in [5, 5.41) is 9.94. The van der Waals surface area contributed by atoms with E-state index < -0.39 is 0 Å². The quantitative estimate of drug-likeness (QED) is 0.607. The maximum atomic E-state index is 4.97. The van der Waals surface area contributed by atoms with E-state index in [-0.39, 0.29) is 11.1 Å². The van der Waals surface area contributed by atoms with E-state index in [0.717, 1.165) is 23.7 Å². The van der Waals surface area contributed by atoms with Gasteiger partial charge < -0.3 is 0 Å². The van der Waals surface area contributed by atoms with Gasteiger partial charge in [-0.25, -0.2) is 0 Å². The molecule has 0 radical (unpaired) electrons. The standard InChI is InChI=1S/C17H26N2/c1-15-13-11-6-7-12(10-11)14(13)16(2,19-18-15)17(15)8-4-3-5-9-17/h11-14H,3-10H2,1-2H3/t11-,12+,13+,14-,15+,16-. The van der Waals surface area contributed by atoms with Gasteiger partial charge in [-0.1, -0.05) is 19.3 Å². The van der Waals surface area contributed by atoms with E-state index in [4.69, 9.17) is 10.2 Å². The molecule has 0 amide bonds. The van der Waals surface area contributed by atoms with Crippen molar-refractivity contribution in [1.29, 1.82) is 0 Å². The van der Waals surface area contributed by atoms with E-state index in [2.05, 4.69) is 13.8 Å². The molecule has 104 valence electrons.